The molecule has 2 aromatic heterocycles. The van der Waals surface area contributed by atoms with E-state index in [1.54, 1.807) is 30.2 Å². The molecule has 7 nitrogen and oxygen atoms in total. The molecule has 2 bridgehead atoms. The van der Waals surface area contributed by atoms with Gasteiger partial charge in [-0.15, -0.1) is 0 Å². The summed E-state index contributed by atoms with van der Waals surface area (Å²) >= 11 is 0. The van der Waals surface area contributed by atoms with E-state index in [9.17, 15) is 4.79 Å². The molecule has 0 saturated carbocycles. The Morgan fingerprint density at radius 3 is 3.14 bits per heavy atom. The van der Waals surface area contributed by atoms with Gasteiger partial charge in [0, 0.05) is 24.4 Å². The van der Waals surface area contributed by atoms with Crippen LogP contribution < -0.4 is 0 Å². The van der Waals surface area contributed by atoms with E-state index in [1.165, 1.54) is 0 Å². The summed E-state index contributed by atoms with van der Waals surface area (Å²) in [5.74, 6) is 0.200. The minimum absolute atomic E-state index is 0.0357. The van der Waals surface area contributed by atoms with E-state index >= 15 is 0 Å². The lowest BCUT2D eigenvalue weighted by molar-refractivity contribution is 0.0281. The lowest BCUT2D eigenvalue weighted by atomic mass is 10.0. The van der Waals surface area contributed by atoms with Crippen LogP contribution in [0.2, 0.25) is 0 Å². The maximum Gasteiger partial charge on any atom is 0.359 e. The maximum atomic E-state index is 12.2. The third-order valence-electron chi connectivity index (χ3n) is 4.10. The van der Waals surface area contributed by atoms with Gasteiger partial charge in [-0.25, -0.2) is 14.5 Å². The molecular formula is C15H16N4O3. The molecule has 2 aromatic rings. The van der Waals surface area contributed by atoms with Gasteiger partial charge in [0.05, 0.1) is 24.6 Å². The van der Waals surface area contributed by atoms with Gasteiger partial charge in [-0.3, -0.25) is 4.98 Å². The van der Waals surface area contributed by atoms with Crippen molar-refractivity contribution >= 4 is 5.97 Å². The summed E-state index contributed by atoms with van der Waals surface area (Å²) in [6, 6.07) is 0. The minimum Gasteiger partial charge on any atom is -0.461 e. The molecule has 0 aromatic carbocycles. The predicted octanol–water partition coefficient (Wildman–Crippen LogP) is 1.62. The molecule has 114 valence electrons. The molecule has 4 heterocycles. The zero-order valence-electron chi connectivity index (χ0n) is 12.2. The number of carbonyl (C=O) groups excluding carboxylic acids is 1. The van der Waals surface area contributed by atoms with Gasteiger partial charge in [-0.2, -0.15) is 5.10 Å². The number of carbonyl (C=O) groups is 1. The molecule has 7 heteroatoms. The first-order chi connectivity index (χ1) is 10.8. The van der Waals surface area contributed by atoms with Crippen LogP contribution in [0.25, 0.3) is 5.82 Å². The van der Waals surface area contributed by atoms with Crippen LogP contribution in [0.3, 0.4) is 0 Å². The van der Waals surface area contributed by atoms with Crippen LogP contribution in [-0.2, 0) is 15.9 Å². The van der Waals surface area contributed by atoms with Gasteiger partial charge in [0.15, 0.2) is 11.5 Å². The molecule has 0 radical (unpaired) electrons. The Morgan fingerprint density at radius 2 is 2.36 bits per heavy atom. The molecule has 22 heavy (non-hydrogen) atoms. The molecule has 1 fully saturated rings. The fourth-order valence-electron chi connectivity index (χ4n) is 3.22. The largest absolute Gasteiger partial charge is 0.461 e. The fourth-order valence-corrected chi connectivity index (χ4v) is 3.22. The van der Waals surface area contributed by atoms with E-state index < -0.39 is 0 Å². The van der Waals surface area contributed by atoms with Gasteiger partial charge >= 0.3 is 5.97 Å². The van der Waals surface area contributed by atoms with Crippen molar-refractivity contribution < 1.29 is 14.3 Å². The Kier molecular flexibility index (Phi) is 3.15. The number of esters is 1. The van der Waals surface area contributed by atoms with Crippen LogP contribution in [0.15, 0.2) is 18.6 Å². The van der Waals surface area contributed by atoms with Crippen LogP contribution in [0.4, 0.5) is 0 Å². The third-order valence-corrected chi connectivity index (χ3v) is 4.10. The van der Waals surface area contributed by atoms with Crippen molar-refractivity contribution in [3.63, 3.8) is 0 Å². The molecule has 4 rings (SSSR count). The highest BCUT2D eigenvalue weighted by molar-refractivity contribution is 5.89. The first kappa shape index (κ1) is 13.4. The Hall–Kier alpha value is -2.28. The van der Waals surface area contributed by atoms with E-state index in [0.29, 0.717) is 24.5 Å². The number of fused-ring (bicyclic) bond motifs is 4. The van der Waals surface area contributed by atoms with Gasteiger partial charge in [0.1, 0.15) is 6.10 Å². The van der Waals surface area contributed by atoms with Crippen molar-refractivity contribution in [3.05, 3.63) is 35.5 Å². The Balaban J connectivity index is 1.87. The number of rotatable bonds is 3. The Labute approximate surface area is 127 Å². The normalized spacial score (nSPS) is 22.4. The first-order valence-electron chi connectivity index (χ1n) is 7.48. The van der Waals surface area contributed by atoms with Gasteiger partial charge in [0.25, 0.3) is 0 Å². The maximum absolute atomic E-state index is 12.2. The molecule has 0 N–H and O–H groups in total. The molecule has 0 aliphatic carbocycles. The number of hydrogen-bond acceptors (Lipinski definition) is 6. The van der Waals surface area contributed by atoms with Crippen molar-refractivity contribution in [1.29, 1.82) is 0 Å². The molecule has 2 atom stereocenters. The average Bonchev–Trinajstić information content (AvgIpc) is 3.11. The molecule has 1 saturated heterocycles. The van der Waals surface area contributed by atoms with E-state index in [0.717, 1.165) is 24.1 Å². The number of ether oxygens (including phenoxy) is 2. The van der Waals surface area contributed by atoms with Crippen LogP contribution in [0.5, 0.6) is 0 Å². The van der Waals surface area contributed by atoms with Gasteiger partial charge < -0.3 is 9.47 Å². The monoisotopic (exact) mass is 300 g/mol. The summed E-state index contributed by atoms with van der Waals surface area (Å²) in [7, 11) is 0. The molecule has 2 aliphatic rings. The zero-order valence-corrected chi connectivity index (χ0v) is 12.2. The standard InChI is InChI=1S/C15H16N4O3/c1-2-21-15(20)13-10-7-9-3-4-11(22-9)14(10)19(18-13)12-8-16-5-6-17-12/h5-6,8-9,11H,2-4,7H2,1H3. The van der Waals surface area contributed by atoms with Crippen LogP contribution in [-0.4, -0.2) is 38.4 Å². The van der Waals surface area contributed by atoms with Gasteiger partial charge in [0.2, 0.25) is 0 Å². The molecule has 2 aliphatic heterocycles. The number of hydrogen-bond donors (Lipinski definition) is 0. The summed E-state index contributed by atoms with van der Waals surface area (Å²) < 4.78 is 12.8. The zero-order chi connectivity index (χ0) is 15.1. The average molecular weight is 300 g/mol. The predicted molar refractivity (Wildman–Crippen MR) is 75.7 cm³/mol. The van der Waals surface area contributed by atoms with Crippen molar-refractivity contribution in [2.24, 2.45) is 0 Å². The molecule has 0 spiro atoms. The van der Waals surface area contributed by atoms with Crippen molar-refractivity contribution in [3.8, 4) is 5.82 Å². The summed E-state index contributed by atoms with van der Waals surface area (Å²) in [6.45, 7) is 2.12. The Morgan fingerprint density at radius 1 is 1.45 bits per heavy atom. The SMILES string of the molecule is CCOC(=O)c1nn(-c2cnccn2)c2c1CC1CCC2O1. The van der Waals surface area contributed by atoms with Crippen molar-refractivity contribution in [2.45, 2.75) is 38.4 Å². The third kappa shape index (κ3) is 2.00. The number of nitrogens with zero attached hydrogens (tertiary/aromatic N) is 4. The fraction of sp³-hybridized carbons (Fsp3) is 0.467. The Bertz CT molecular complexity index is 713. The van der Waals surface area contributed by atoms with Gasteiger partial charge in [-0.05, 0) is 19.8 Å². The highest BCUT2D eigenvalue weighted by atomic mass is 16.5. The quantitative estimate of drug-likeness (QED) is 0.801. The minimum atomic E-state index is -0.386. The summed E-state index contributed by atoms with van der Waals surface area (Å²) in [4.78, 5) is 20.6. The lowest BCUT2D eigenvalue weighted by Gasteiger charge is -2.22. The highest BCUT2D eigenvalue weighted by Crippen LogP contribution is 2.42. The van der Waals surface area contributed by atoms with Gasteiger partial charge in [-0.1, -0.05) is 0 Å². The van der Waals surface area contributed by atoms with Crippen LogP contribution >= 0.6 is 0 Å². The van der Waals surface area contributed by atoms with E-state index in [-0.39, 0.29) is 18.2 Å². The summed E-state index contributed by atoms with van der Waals surface area (Å²) in [5, 5.41) is 4.46. The second-order valence-electron chi connectivity index (χ2n) is 5.44. The second-order valence-corrected chi connectivity index (χ2v) is 5.44. The summed E-state index contributed by atoms with van der Waals surface area (Å²) in [5.41, 5.74) is 2.22. The van der Waals surface area contributed by atoms with Crippen LogP contribution in [0, 0.1) is 0 Å². The van der Waals surface area contributed by atoms with E-state index in [4.69, 9.17) is 9.47 Å². The van der Waals surface area contributed by atoms with Crippen molar-refractivity contribution in [1.82, 2.24) is 19.7 Å². The molecule has 2 unspecified atom stereocenters. The molecule has 0 amide bonds. The highest BCUT2D eigenvalue weighted by Gasteiger charge is 2.40. The summed E-state index contributed by atoms with van der Waals surface area (Å²) in [6.07, 6.45) is 7.61. The number of aromatic nitrogens is 4. The smallest absolute Gasteiger partial charge is 0.359 e. The van der Waals surface area contributed by atoms with E-state index in [1.807, 2.05) is 0 Å². The van der Waals surface area contributed by atoms with E-state index in [2.05, 4.69) is 15.1 Å². The lowest BCUT2D eigenvalue weighted by Crippen LogP contribution is -2.20. The molecular weight excluding hydrogens is 284 g/mol. The first-order valence-corrected chi connectivity index (χ1v) is 7.48. The van der Waals surface area contributed by atoms with Crippen LogP contribution in [0.1, 0.15) is 47.6 Å². The van der Waals surface area contributed by atoms with Crippen molar-refractivity contribution in [2.75, 3.05) is 6.61 Å². The second kappa shape index (κ2) is 5.17. The topological polar surface area (TPSA) is 79.1 Å².